The summed E-state index contributed by atoms with van der Waals surface area (Å²) in [5, 5.41) is 7.78. The zero-order valence-corrected chi connectivity index (χ0v) is 41.7. The van der Waals surface area contributed by atoms with Crippen LogP contribution in [0.25, 0.3) is 43.4 Å². The first-order valence-electron chi connectivity index (χ1n) is 24.3. The lowest BCUT2D eigenvalue weighted by molar-refractivity contribution is 0.0977. The number of hydrogen-bond acceptors (Lipinski definition) is 2. The van der Waals surface area contributed by atoms with Crippen molar-refractivity contribution in [3.8, 4) is 11.1 Å². The van der Waals surface area contributed by atoms with Gasteiger partial charge in [0.1, 0.15) is 0 Å². The van der Waals surface area contributed by atoms with E-state index in [1.54, 1.807) is 0 Å². The molecule has 0 spiro atoms. The second kappa shape index (κ2) is 15.7. The Morgan fingerprint density at radius 1 is 0.313 bits per heavy atom. The van der Waals surface area contributed by atoms with Crippen LogP contribution in [0.4, 0.5) is 34.1 Å². The van der Waals surface area contributed by atoms with E-state index in [4.69, 9.17) is 0 Å². The van der Waals surface area contributed by atoms with Gasteiger partial charge in [-0.1, -0.05) is 192 Å². The van der Waals surface area contributed by atoms with Gasteiger partial charge in [0, 0.05) is 39.5 Å². The van der Waals surface area contributed by atoms with Crippen LogP contribution in [0.2, 0.25) is 0 Å². The Hall–Kier alpha value is -6.64. The maximum Gasteiger partial charge on any atom is 0.0468 e. The first-order chi connectivity index (χ1) is 31.8. The first-order valence-corrected chi connectivity index (χ1v) is 24.3. The number of hydrogen-bond donors (Lipinski definition) is 0. The molecule has 0 fully saturated rings. The van der Waals surface area contributed by atoms with Crippen molar-refractivity contribution in [2.24, 2.45) is 10.8 Å². The van der Waals surface area contributed by atoms with Gasteiger partial charge in [0.2, 0.25) is 0 Å². The molecule has 2 nitrogen and oxygen atoms in total. The molecular weight excluding hydrogens is 809 g/mol. The normalized spacial score (nSPS) is 13.8. The summed E-state index contributed by atoms with van der Waals surface area (Å²) in [7, 11) is 0. The Morgan fingerprint density at radius 2 is 0.731 bits per heavy atom. The molecule has 0 saturated carbocycles. The number of fused-ring (bicyclic) bond motifs is 10. The maximum atomic E-state index is 2.48. The molecule has 1 aliphatic rings. The zero-order chi connectivity index (χ0) is 47.3. The third-order valence-corrected chi connectivity index (χ3v) is 14.8. The smallest absolute Gasteiger partial charge is 0.0468 e. The lowest BCUT2D eigenvalue weighted by atomic mass is 9.49. The molecule has 336 valence electrons. The Bertz CT molecular complexity index is 3280. The molecule has 2 heteroatoms. The number of nitrogens with zero attached hydrogens (tertiary/aromatic N) is 2. The predicted molar refractivity (Wildman–Crippen MR) is 291 cm³/mol. The largest absolute Gasteiger partial charge is 0.310 e. The molecule has 0 unspecified atom stereocenters. The van der Waals surface area contributed by atoms with Gasteiger partial charge in [-0.3, -0.25) is 0 Å². The van der Waals surface area contributed by atoms with E-state index in [0.29, 0.717) is 0 Å². The Morgan fingerprint density at radius 3 is 1.21 bits per heavy atom. The summed E-state index contributed by atoms with van der Waals surface area (Å²) in [6.07, 6.45) is 0. The first kappa shape index (κ1) is 44.2. The van der Waals surface area contributed by atoms with E-state index in [9.17, 15) is 0 Å². The molecule has 0 radical (unpaired) electrons. The number of rotatable bonds is 6. The second-order valence-electron chi connectivity index (χ2n) is 23.1. The van der Waals surface area contributed by atoms with Gasteiger partial charge in [-0.05, 0) is 160 Å². The monoisotopic (exact) mass is 875 g/mol. The third kappa shape index (κ3) is 7.14. The van der Waals surface area contributed by atoms with Crippen LogP contribution in [0, 0.1) is 10.8 Å². The summed E-state index contributed by atoms with van der Waals surface area (Å²) in [6.45, 7) is 28.6. The summed E-state index contributed by atoms with van der Waals surface area (Å²) in [6, 6.07) is 68.5. The quantitative estimate of drug-likeness (QED) is 0.154. The highest BCUT2D eigenvalue weighted by molar-refractivity contribution is 6.20. The Kier molecular flexibility index (Phi) is 10.4. The van der Waals surface area contributed by atoms with Crippen LogP contribution in [0.5, 0.6) is 0 Å². The van der Waals surface area contributed by atoms with Crippen LogP contribution >= 0.6 is 0 Å². The molecule has 0 amide bonds. The fraction of sp³-hybridized carbons (Fsp3) is 0.262. The standard InChI is InChI=1S/C65H66N2/c1-61(2,3)44-28-32-48(33-29-44)66(46-21-15-13-16-22-46)50-36-39-52-43(41-50)27-38-56-58-54-26-20-19-25-53(54)57-42-51(37-40-55(57)60(58)65(59(52)56,63(7,8)9)64(10,11)12)67(47-23-17-14-18-24-47)49-34-30-45(31-35-49)62(4,5)6/h13-42H,1-12H3. The van der Waals surface area contributed by atoms with Crippen molar-refractivity contribution in [1.29, 1.82) is 0 Å². The Labute approximate surface area is 399 Å². The van der Waals surface area contributed by atoms with Gasteiger partial charge in [0.25, 0.3) is 0 Å². The van der Waals surface area contributed by atoms with E-state index in [2.05, 4.69) is 275 Å². The lowest BCUT2D eigenvalue weighted by Crippen LogP contribution is -2.50. The molecule has 9 aromatic rings. The van der Waals surface area contributed by atoms with Gasteiger partial charge in [0.05, 0.1) is 0 Å². The van der Waals surface area contributed by atoms with Crippen molar-refractivity contribution in [3.63, 3.8) is 0 Å². The van der Waals surface area contributed by atoms with Crippen LogP contribution in [0.1, 0.15) is 105 Å². The number of anilines is 6. The highest BCUT2D eigenvalue weighted by Gasteiger charge is 2.59. The van der Waals surface area contributed by atoms with E-state index >= 15 is 0 Å². The van der Waals surface area contributed by atoms with Gasteiger partial charge in [-0.2, -0.15) is 0 Å². The van der Waals surface area contributed by atoms with Gasteiger partial charge < -0.3 is 9.80 Å². The van der Waals surface area contributed by atoms with Crippen LogP contribution in [0.3, 0.4) is 0 Å². The number of para-hydroxylation sites is 2. The van der Waals surface area contributed by atoms with E-state index in [1.807, 2.05) is 0 Å². The minimum absolute atomic E-state index is 0.0670. The molecule has 9 aromatic carbocycles. The average Bonchev–Trinajstić information content (AvgIpc) is 3.64. The molecule has 0 atom stereocenters. The summed E-state index contributed by atoms with van der Waals surface area (Å²) in [4.78, 5) is 4.83. The van der Waals surface area contributed by atoms with Crippen LogP contribution in [0.15, 0.2) is 182 Å². The fourth-order valence-electron chi connectivity index (χ4n) is 12.1. The predicted octanol–water partition coefficient (Wildman–Crippen LogP) is 19.0. The summed E-state index contributed by atoms with van der Waals surface area (Å²) in [5.41, 5.74) is 14.6. The molecule has 67 heavy (non-hydrogen) atoms. The number of benzene rings is 9. The molecular formula is C65H66N2. The summed E-state index contributed by atoms with van der Waals surface area (Å²) in [5.74, 6) is 0. The molecule has 10 rings (SSSR count). The average molecular weight is 875 g/mol. The molecule has 0 aromatic heterocycles. The minimum Gasteiger partial charge on any atom is -0.310 e. The molecule has 0 aliphatic heterocycles. The van der Waals surface area contributed by atoms with Crippen molar-refractivity contribution < 1.29 is 0 Å². The molecule has 0 bridgehead atoms. The SMILES string of the molecule is CC(C)(C)c1ccc(N(c2ccccc2)c2ccc3c4c(ccc3c2)-c2c(c3ccc(N(c5ccccc5)c5ccc(C(C)(C)C)cc5)cc3c3ccccc23)C4(C(C)(C)C)C(C)(C)C)cc1. The zero-order valence-electron chi connectivity index (χ0n) is 41.7. The van der Waals surface area contributed by atoms with Crippen molar-refractivity contribution in [2.75, 3.05) is 9.80 Å². The highest BCUT2D eigenvalue weighted by atomic mass is 15.1. The van der Waals surface area contributed by atoms with Crippen LogP contribution in [-0.4, -0.2) is 0 Å². The molecule has 0 heterocycles. The molecule has 1 aliphatic carbocycles. The topological polar surface area (TPSA) is 6.48 Å². The fourth-order valence-corrected chi connectivity index (χ4v) is 12.1. The Balaban J connectivity index is 1.22. The molecule has 0 N–H and O–H groups in total. The van der Waals surface area contributed by atoms with Gasteiger partial charge in [0.15, 0.2) is 0 Å². The van der Waals surface area contributed by atoms with Crippen molar-refractivity contribution in [2.45, 2.75) is 99.3 Å². The molecule has 0 saturated heterocycles. The minimum atomic E-state index is -0.376. The van der Waals surface area contributed by atoms with Gasteiger partial charge in [-0.25, -0.2) is 0 Å². The van der Waals surface area contributed by atoms with E-state index < -0.39 is 0 Å². The second-order valence-corrected chi connectivity index (χ2v) is 23.1. The van der Waals surface area contributed by atoms with Crippen molar-refractivity contribution in [1.82, 2.24) is 0 Å². The third-order valence-electron chi connectivity index (χ3n) is 14.8. The van der Waals surface area contributed by atoms with Gasteiger partial charge in [-0.15, -0.1) is 0 Å². The summed E-state index contributed by atoms with van der Waals surface area (Å²) < 4.78 is 0. The van der Waals surface area contributed by atoms with Crippen LogP contribution < -0.4 is 9.80 Å². The van der Waals surface area contributed by atoms with Crippen molar-refractivity contribution in [3.05, 3.63) is 204 Å². The van der Waals surface area contributed by atoms with E-state index in [1.165, 1.54) is 65.7 Å². The van der Waals surface area contributed by atoms with Crippen LogP contribution in [-0.2, 0) is 16.2 Å². The highest BCUT2D eigenvalue weighted by Crippen LogP contribution is 2.68. The van der Waals surface area contributed by atoms with Gasteiger partial charge >= 0.3 is 0 Å². The van der Waals surface area contributed by atoms with E-state index in [-0.39, 0.29) is 27.1 Å². The van der Waals surface area contributed by atoms with E-state index in [0.717, 1.165) is 34.1 Å². The lowest BCUT2D eigenvalue weighted by Gasteiger charge is -2.54. The maximum absolute atomic E-state index is 2.48. The van der Waals surface area contributed by atoms with Crippen molar-refractivity contribution >= 4 is 66.4 Å². The summed E-state index contributed by atoms with van der Waals surface area (Å²) >= 11 is 0.